The van der Waals surface area contributed by atoms with Crippen LogP contribution in [0.2, 0.25) is 0 Å². The van der Waals surface area contributed by atoms with Gasteiger partial charge in [0.05, 0.1) is 5.52 Å². The van der Waals surface area contributed by atoms with Crippen LogP contribution in [0.4, 0.5) is 11.4 Å². The lowest BCUT2D eigenvalue weighted by atomic mass is 10.0. The average Bonchev–Trinajstić information content (AvgIpc) is 3.16. The van der Waals surface area contributed by atoms with E-state index in [-0.39, 0.29) is 5.69 Å². The molecule has 1 aromatic heterocycles. The number of amides is 1. The monoisotopic (exact) mass is 392 g/mol. The lowest BCUT2D eigenvalue weighted by molar-refractivity contribution is 0.0997. The van der Waals surface area contributed by atoms with Crippen LogP contribution in [0.25, 0.3) is 10.9 Å². The number of aromatic amines is 1. The average molecular weight is 393 g/mol. The van der Waals surface area contributed by atoms with Gasteiger partial charge in [-0.1, -0.05) is 18.2 Å². The van der Waals surface area contributed by atoms with E-state index in [2.05, 4.69) is 63.7 Å². The van der Waals surface area contributed by atoms with Crippen molar-refractivity contribution in [2.45, 2.75) is 25.4 Å². The SMILES string of the molecule is CN1CCC(N(C)c2ccccc2CNc2ccc3[nH]nc(C(N)=O)c3c2)CC1. The third-order valence-corrected chi connectivity index (χ3v) is 5.89. The van der Waals surface area contributed by atoms with E-state index in [1.54, 1.807) is 0 Å². The van der Waals surface area contributed by atoms with Gasteiger partial charge in [-0.2, -0.15) is 5.10 Å². The molecule has 152 valence electrons. The van der Waals surface area contributed by atoms with Gasteiger partial charge < -0.3 is 20.9 Å². The van der Waals surface area contributed by atoms with Crippen LogP contribution in [0.3, 0.4) is 0 Å². The highest BCUT2D eigenvalue weighted by Crippen LogP contribution is 2.27. The summed E-state index contributed by atoms with van der Waals surface area (Å²) in [4.78, 5) is 16.4. The lowest BCUT2D eigenvalue weighted by Gasteiger charge is -2.37. The summed E-state index contributed by atoms with van der Waals surface area (Å²) >= 11 is 0. The van der Waals surface area contributed by atoms with E-state index in [1.165, 1.54) is 24.1 Å². The van der Waals surface area contributed by atoms with Gasteiger partial charge in [0.25, 0.3) is 5.91 Å². The zero-order chi connectivity index (χ0) is 20.4. The van der Waals surface area contributed by atoms with Gasteiger partial charge in [0.1, 0.15) is 0 Å². The van der Waals surface area contributed by atoms with Crippen molar-refractivity contribution in [3.8, 4) is 0 Å². The molecule has 1 aliphatic rings. The number of H-pyrrole nitrogens is 1. The number of primary amides is 1. The number of para-hydroxylation sites is 1. The fourth-order valence-corrected chi connectivity index (χ4v) is 4.09. The molecule has 4 N–H and O–H groups in total. The van der Waals surface area contributed by atoms with Crippen LogP contribution < -0.4 is 16.0 Å². The number of nitrogens with two attached hydrogens (primary N) is 1. The van der Waals surface area contributed by atoms with E-state index in [0.29, 0.717) is 12.6 Å². The third-order valence-electron chi connectivity index (χ3n) is 5.89. The molecule has 29 heavy (non-hydrogen) atoms. The molecule has 1 amide bonds. The highest BCUT2D eigenvalue weighted by Gasteiger charge is 2.22. The first-order valence-corrected chi connectivity index (χ1v) is 10.0. The van der Waals surface area contributed by atoms with Crippen molar-refractivity contribution in [1.82, 2.24) is 15.1 Å². The molecule has 2 aromatic carbocycles. The summed E-state index contributed by atoms with van der Waals surface area (Å²) in [7, 11) is 4.39. The lowest BCUT2D eigenvalue weighted by Crippen LogP contribution is -2.42. The first-order chi connectivity index (χ1) is 14.0. The first kappa shape index (κ1) is 19.3. The molecule has 0 atom stereocenters. The van der Waals surface area contributed by atoms with Crippen molar-refractivity contribution in [2.75, 3.05) is 37.4 Å². The van der Waals surface area contributed by atoms with E-state index < -0.39 is 5.91 Å². The Bertz CT molecular complexity index is 1010. The minimum atomic E-state index is -0.529. The number of fused-ring (bicyclic) bond motifs is 1. The number of hydrogen-bond acceptors (Lipinski definition) is 5. The van der Waals surface area contributed by atoms with Gasteiger partial charge >= 0.3 is 0 Å². The van der Waals surface area contributed by atoms with Crippen LogP contribution in [-0.4, -0.2) is 54.2 Å². The molecule has 7 heteroatoms. The van der Waals surface area contributed by atoms with Crippen molar-refractivity contribution in [3.63, 3.8) is 0 Å². The van der Waals surface area contributed by atoms with Crippen molar-refractivity contribution in [1.29, 1.82) is 0 Å². The number of nitrogens with one attached hydrogen (secondary N) is 2. The Hall–Kier alpha value is -3.06. The molecule has 2 heterocycles. The van der Waals surface area contributed by atoms with Gasteiger partial charge in [-0.3, -0.25) is 9.89 Å². The van der Waals surface area contributed by atoms with Crippen LogP contribution in [0.1, 0.15) is 28.9 Å². The Morgan fingerprint density at radius 2 is 2.03 bits per heavy atom. The maximum atomic E-state index is 11.6. The van der Waals surface area contributed by atoms with Crippen LogP contribution in [-0.2, 0) is 6.54 Å². The van der Waals surface area contributed by atoms with Crippen LogP contribution >= 0.6 is 0 Å². The van der Waals surface area contributed by atoms with Crippen molar-refractivity contribution in [2.24, 2.45) is 5.73 Å². The second kappa shape index (κ2) is 8.13. The predicted octanol–water partition coefficient (Wildman–Crippen LogP) is 2.80. The van der Waals surface area contributed by atoms with E-state index in [1.807, 2.05) is 18.2 Å². The molecule has 1 fully saturated rings. The molecule has 0 aliphatic carbocycles. The number of anilines is 2. The Balaban J connectivity index is 1.51. The molecule has 4 rings (SSSR count). The van der Waals surface area contributed by atoms with Crippen LogP contribution in [0.5, 0.6) is 0 Å². The fraction of sp³-hybridized carbons (Fsp3) is 0.364. The van der Waals surface area contributed by atoms with Crippen molar-refractivity contribution in [3.05, 3.63) is 53.7 Å². The summed E-state index contributed by atoms with van der Waals surface area (Å²) in [5, 5.41) is 11.1. The van der Waals surface area contributed by atoms with Crippen molar-refractivity contribution < 1.29 is 4.79 Å². The summed E-state index contributed by atoms with van der Waals surface area (Å²) < 4.78 is 0. The number of piperidine rings is 1. The van der Waals surface area contributed by atoms with E-state index in [0.717, 1.165) is 29.7 Å². The maximum absolute atomic E-state index is 11.6. The van der Waals surface area contributed by atoms with E-state index in [9.17, 15) is 4.79 Å². The number of benzene rings is 2. The first-order valence-electron chi connectivity index (χ1n) is 10.0. The summed E-state index contributed by atoms with van der Waals surface area (Å²) in [6, 6.07) is 14.9. The fourth-order valence-electron chi connectivity index (χ4n) is 4.09. The van der Waals surface area contributed by atoms with Crippen LogP contribution in [0, 0.1) is 0 Å². The number of likely N-dealkylation sites (tertiary alicyclic amines) is 1. The molecule has 1 aliphatic heterocycles. The smallest absolute Gasteiger partial charge is 0.269 e. The predicted molar refractivity (Wildman–Crippen MR) is 117 cm³/mol. The second-order valence-electron chi connectivity index (χ2n) is 7.82. The molecular weight excluding hydrogens is 364 g/mol. The highest BCUT2D eigenvalue weighted by atomic mass is 16.1. The zero-order valence-corrected chi connectivity index (χ0v) is 17.0. The van der Waals surface area contributed by atoms with Gasteiger partial charge in [-0.15, -0.1) is 0 Å². The number of carbonyl (C=O) groups excluding carboxylic acids is 1. The highest BCUT2D eigenvalue weighted by molar-refractivity contribution is 6.04. The largest absolute Gasteiger partial charge is 0.381 e. The van der Waals surface area contributed by atoms with E-state index >= 15 is 0 Å². The molecule has 0 saturated carbocycles. The topological polar surface area (TPSA) is 90.3 Å². The summed E-state index contributed by atoms with van der Waals surface area (Å²) in [5.41, 5.74) is 9.93. The third kappa shape index (κ3) is 4.05. The zero-order valence-electron chi connectivity index (χ0n) is 17.0. The molecule has 0 spiro atoms. The number of hydrogen-bond donors (Lipinski definition) is 3. The van der Waals surface area contributed by atoms with Crippen molar-refractivity contribution >= 4 is 28.2 Å². The normalized spacial score (nSPS) is 15.5. The van der Waals surface area contributed by atoms with Crippen LogP contribution in [0.15, 0.2) is 42.5 Å². The Morgan fingerprint density at radius 1 is 1.28 bits per heavy atom. The molecule has 3 aromatic rings. The molecule has 0 bridgehead atoms. The summed E-state index contributed by atoms with van der Waals surface area (Å²) in [6.07, 6.45) is 2.36. The Morgan fingerprint density at radius 3 is 2.79 bits per heavy atom. The standard InChI is InChI=1S/C22H28N6O/c1-27-11-9-17(10-12-27)28(2)20-6-4-3-5-15(20)14-24-16-7-8-19-18(13-16)21(22(23)29)26-25-19/h3-8,13,17,24H,9-12,14H2,1-2H3,(H2,23,29)(H,25,26). The molecule has 1 saturated heterocycles. The molecule has 0 radical (unpaired) electrons. The minimum Gasteiger partial charge on any atom is -0.381 e. The minimum absolute atomic E-state index is 0.269. The molecule has 0 unspecified atom stereocenters. The summed E-state index contributed by atoms with van der Waals surface area (Å²) in [6.45, 7) is 2.98. The number of nitrogens with zero attached hydrogens (tertiary/aromatic N) is 3. The molecule has 7 nitrogen and oxygen atoms in total. The molecular formula is C22H28N6O. The van der Waals surface area contributed by atoms with Gasteiger partial charge in [0, 0.05) is 36.4 Å². The quantitative estimate of drug-likeness (QED) is 0.600. The Labute approximate surface area is 170 Å². The van der Waals surface area contributed by atoms with Gasteiger partial charge in [0.2, 0.25) is 0 Å². The number of carbonyl (C=O) groups is 1. The number of rotatable bonds is 6. The van der Waals surface area contributed by atoms with Gasteiger partial charge in [-0.25, -0.2) is 0 Å². The summed E-state index contributed by atoms with van der Waals surface area (Å²) in [5.74, 6) is -0.529. The maximum Gasteiger partial charge on any atom is 0.269 e. The Kier molecular flexibility index (Phi) is 5.40. The number of aromatic nitrogens is 2. The van der Waals surface area contributed by atoms with E-state index in [4.69, 9.17) is 5.73 Å². The van der Waals surface area contributed by atoms with Gasteiger partial charge in [0.15, 0.2) is 5.69 Å². The second-order valence-corrected chi connectivity index (χ2v) is 7.82. The van der Waals surface area contributed by atoms with Gasteiger partial charge in [-0.05, 0) is 62.8 Å².